The van der Waals surface area contributed by atoms with Crippen LogP contribution in [0.1, 0.15) is 52.9 Å². The van der Waals surface area contributed by atoms with E-state index < -0.39 is 0 Å². The Bertz CT molecular complexity index is 206. The zero-order valence-corrected chi connectivity index (χ0v) is 11.8. The average Bonchev–Trinajstić information content (AvgIpc) is 3.16. The van der Waals surface area contributed by atoms with E-state index in [1.165, 1.54) is 25.8 Å². The maximum atomic E-state index is 9.53. The Hall–Kier alpha value is -0.120. The van der Waals surface area contributed by atoms with Gasteiger partial charge in [-0.05, 0) is 52.1 Å². The van der Waals surface area contributed by atoms with Crippen LogP contribution in [-0.4, -0.2) is 47.8 Å². The van der Waals surface area contributed by atoms with Crippen molar-refractivity contribution in [1.82, 2.24) is 10.2 Å². The van der Waals surface area contributed by atoms with Crippen molar-refractivity contribution in [3.8, 4) is 0 Å². The maximum Gasteiger partial charge on any atom is 0.0611 e. The van der Waals surface area contributed by atoms with E-state index in [1.54, 1.807) is 0 Å². The van der Waals surface area contributed by atoms with E-state index in [4.69, 9.17) is 0 Å². The van der Waals surface area contributed by atoms with Crippen LogP contribution in [0.25, 0.3) is 0 Å². The van der Waals surface area contributed by atoms with E-state index in [0.717, 1.165) is 32.0 Å². The highest BCUT2D eigenvalue weighted by Crippen LogP contribution is 2.27. The van der Waals surface area contributed by atoms with Crippen LogP contribution in [0.5, 0.6) is 0 Å². The molecule has 0 amide bonds. The number of nitrogens with one attached hydrogen (secondary N) is 1. The van der Waals surface area contributed by atoms with Gasteiger partial charge in [-0.15, -0.1) is 0 Å². The van der Waals surface area contributed by atoms with E-state index in [-0.39, 0.29) is 12.1 Å². The summed E-state index contributed by atoms with van der Waals surface area (Å²) in [6, 6.07) is 0.837. The molecule has 0 aromatic heterocycles. The molecule has 0 spiro atoms. The second-order valence-electron chi connectivity index (χ2n) is 5.66. The lowest BCUT2D eigenvalue weighted by atomic mass is 9.98. The third-order valence-corrected chi connectivity index (χ3v) is 3.68. The topological polar surface area (TPSA) is 35.5 Å². The predicted octanol–water partition coefficient (Wildman–Crippen LogP) is 2.00. The molecule has 1 unspecified atom stereocenters. The van der Waals surface area contributed by atoms with Crippen molar-refractivity contribution in [3.63, 3.8) is 0 Å². The second-order valence-corrected chi connectivity index (χ2v) is 5.66. The summed E-state index contributed by atoms with van der Waals surface area (Å²) in [6.45, 7) is 10.1. The van der Waals surface area contributed by atoms with Gasteiger partial charge in [0.15, 0.2) is 0 Å². The first kappa shape index (κ1) is 14.9. The fourth-order valence-electron chi connectivity index (χ4n) is 2.24. The van der Waals surface area contributed by atoms with Crippen LogP contribution in [0.2, 0.25) is 0 Å². The number of rotatable bonds is 10. The molecule has 2 N–H and O–H groups in total. The lowest BCUT2D eigenvalue weighted by Gasteiger charge is -2.32. The van der Waals surface area contributed by atoms with E-state index in [2.05, 4.69) is 31.0 Å². The van der Waals surface area contributed by atoms with Crippen LogP contribution in [0, 0.1) is 0 Å². The first-order valence-electron chi connectivity index (χ1n) is 7.25. The molecule has 3 heteroatoms. The molecule has 102 valence electrons. The number of hydrogen-bond acceptors (Lipinski definition) is 3. The van der Waals surface area contributed by atoms with Crippen molar-refractivity contribution in [3.05, 3.63) is 0 Å². The minimum Gasteiger partial charge on any atom is -0.394 e. The molecule has 0 aliphatic heterocycles. The third-order valence-electron chi connectivity index (χ3n) is 3.68. The Balaban J connectivity index is 2.33. The van der Waals surface area contributed by atoms with E-state index in [9.17, 15) is 5.11 Å². The number of aliphatic hydroxyl groups is 1. The molecule has 1 atom stereocenters. The highest BCUT2D eigenvalue weighted by atomic mass is 16.3. The molecule has 0 bridgehead atoms. The fraction of sp³-hybridized carbons (Fsp3) is 1.00. The normalized spacial score (nSPS) is 19.6. The third kappa shape index (κ3) is 5.36. The van der Waals surface area contributed by atoms with Gasteiger partial charge in [-0.2, -0.15) is 0 Å². The van der Waals surface area contributed by atoms with Crippen molar-refractivity contribution in [2.75, 3.05) is 26.2 Å². The molecule has 0 saturated heterocycles. The first-order chi connectivity index (χ1) is 8.15. The Morgan fingerprint density at radius 2 is 1.94 bits per heavy atom. The summed E-state index contributed by atoms with van der Waals surface area (Å²) in [5.41, 5.74) is -0.100. The highest BCUT2D eigenvalue weighted by molar-refractivity contribution is 4.88. The van der Waals surface area contributed by atoms with Gasteiger partial charge in [-0.25, -0.2) is 0 Å². The van der Waals surface area contributed by atoms with Gasteiger partial charge >= 0.3 is 0 Å². The summed E-state index contributed by atoms with van der Waals surface area (Å²) < 4.78 is 0. The Morgan fingerprint density at radius 3 is 2.41 bits per heavy atom. The largest absolute Gasteiger partial charge is 0.394 e. The molecule has 3 nitrogen and oxygen atoms in total. The van der Waals surface area contributed by atoms with Crippen molar-refractivity contribution >= 4 is 0 Å². The summed E-state index contributed by atoms with van der Waals surface area (Å²) in [6.07, 6.45) is 6.14. The van der Waals surface area contributed by atoms with Gasteiger partial charge in [0.1, 0.15) is 0 Å². The monoisotopic (exact) mass is 242 g/mol. The maximum absolute atomic E-state index is 9.53. The minimum atomic E-state index is -0.100. The Labute approximate surface area is 107 Å². The van der Waals surface area contributed by atoms with E-state index in [0.29, 0.717) is 0 Å². The van der Waals surface area contributed by atoms with Crippen LogP contribution in [0.4, 0.5) is 0 Å². The number of aliphatic hydroxyl groups excluding tert-OH is 1. The van der Waals surface area contributed by atoms with Crippen molar-refractivity contribution in [1.29, 1.82) is 0 Å². The molecular weight excluding hydrogens is 212 g/mol. The zero-order chi connectivity index (χ0) is 12.7. The molecule has 1 saturated carbocycles. The molecule has 1 fully saturated rings. The number of hydrogen-bond donors (Lipinski definition) is 2. The smallest absolute Gasteiger partial charge is 0.0611 e. The van der Waals surface area contributed by atoms with Gasteiger partial charge in [0.2, 0.25) is 0 Å². The summed E-state index contributed by atoms with van der Waals surface area (Å²) in [5, 5.41) is 13.0. The van der Waals surface area contributed by atoms with Gasteiger partial charge in [0.25, 0.3) is 0 Å². The summed E-state index contributed by atoms with van der Waals surface area (Å²) in [7, 11) is 0. The lowest BCUT2D eigenvalue weighted by molar-refractivity contribution is 0.143. The quantitative estimate of drug-likeness (QED) is 0.615. The predicted molar refractivity (Wildman–Crippen MR) is 73.3 cm³/mol. The van der Waals surface area contributed by atoms with E-state index >= 15 is 0 Å². The highest BCUT2D eigenvalue weighted by Gasteiger charge is 2.30. The molecular formula is C14H30N2O. The van der Waals surface area contributed by atoms with Crippen molar-refractivity contribution in [2.45, 2.75) is 64.5 Å². The molecule has 1 aliphatic carbocycles. The van der Waals surface area contributed by atoms with E-state index in [1.807, 2.05) is 0 Å². The molecule has 17 heavy (non-hydrogen) atoms. The minimum absolute atomic E-state index is 0.100. The van der Waals surface area contributed by atoms with Gasteiger partial charge < -0.3 is 15.3 Å². The Kier molecular flexibility index (Phi) is 6.45. The zero-order valence-electron chi connectivity index (χ0n) is 11.8. The average molecular weight is 242 g/mol. The van der Waals surface area contributed by atoms with Crippen LogP contribution in [0.3, 0.4) is 0 Å². The van der Waals surface area contributed by atoms with Crippen LogP contribution in [0.15, 0.2) is 0 Å². The van der Waals surface area contributed by atoms with Gasteiger partial charge in [0, 0.05) is 18.1 Å². The van der Waals surface area contributed by atoms with Gasteiger partial charge in [-0.3, -0.25) is 0 Å². The SMILES string of the molecule is CCCNC(C)(CO)CCN(CCC)C1CC1. The molecule has 1 rings (SSSR count). The summed E-state index contributed by atoms with van der Waals surface area (Å²) >= 11 is 0. The number of nitrogens with zero attached hydrogens (tertiary/aromatic N) is 1. The standard InChI is InChI=1S/C14H30N2O/c1-4-9-15-14(3,12-17)8-11-16(10-5-2)13-6-7-13/h13,15,17H,4-12H2,1-3H3. The summed E-state index contributed by atoms with van der Waals surface area (Å²) in [4.78, 5) is 2.60. The fourth-order valence-corrected chi connectivity index (χ4v) is 2.24. The van der Waals surface area contributed by atoms with Gasteiger partial charge in [-0.1, -0.05) is 13.8 Å². The molecule has 0 aromatic carbocycles. The van der Waals surface area contributed by atoms with Crippen LogP contribution < -0.4 is 5.32 Å². The summed E-state index contributed by atoms with van der Waals surface area (Å²) in [5.74, 6) is 0. The molecule has 0 heterocycles. The first-order valence-corrected chi connectivity index (χ1v) is 7.25. The lowest BCUT2D eigenvalue weighted by Crippen LogP contribution is -2.48. The van der Waals surface area contributed by atoms with Crippen molar-refractivity contribution < 1.29 is 5.11 Å². The van der Waals surface area contributed by atoms with Gasteiger partial charge in [0.05, 0.1) is 6.61 Å². The van der Waals surface area contributed by atoms with Crippen LogP contribution in [-0.2, 0) is 0 Å². The molecule has 0 aromatic rings. The Morgan fingerprint density at radius 1 is 1.24 bits per heavy atom. The van der Waals surface area contributed by atoms with Crippen LogP contribution >= 0.6 is 0 Å². The molecule has 1 aliphatic rings. The van der Waals surface area contributed by atoms with Crippen molar-refractivity contribution in [2.24, 2.45) is 0 Å². The molecule has 0 radical (unpaired) electrons. The second kappa shape index (κ2) is 7.34.